The molecule has 1 fully saturated rings. The van der Waals surface area contributed by atoms with Gasteiger partial charge in [-0.15, -0.1) is 0 Å². The Balaban J connectivity index is 1.98. The van der Waals surface area contributed by atoms with Gasteiger partial charge in [-0.3, -0.25) is 15.0 Å². The Morgan fingerprint density at radius 2 is 2.11 bits per heavy atom. The normalized spacial score (nSPS) is 17.6. The van der Waals surface area contributed by atoms with E-state index in [4.69, 9.17) is 5.73 Å². The molecule has 0 spiro atoms. The summed E-state index contributed by atoms with van der Waals surface area (Å²) in [4.78, 5) is 12.7. The van der Waals surface area contributed by atoms with E-state index in [1.54, 1.807) is 12.1 Å². The van der Waals surface area contributed by atoms with Crippen molar-refractivity contribution in [3.05, 3.63) is 38.3 Å². The molecular weight excluding hydrogens is 310 g/mol. The third-order valence-electron chi connectivity index (χ3n) is 3.68. The van der Waals surface area contributed by atoms with Crippen LogP contribution >= 0.6 is 15.9 Å². The van der Waals surface area contributed by atoms with Crippen LogP contribution in [0.15, 0.2) is 22.7 Å². The predicted molar refractivity (Wildman–Crippen MR) is 77.9 cm³/mol. The molecule has 104 valence electrons. The molecule has 0 bridgehead atoms. The summed E-state index contributed by atoms with van der Waals surface area (Å²) in [6, 6.07) is 4.96. The summed E-state index contributed by atoms with van der Waals surface area (Å²) in [5.41, 5.74) is 6.90. The molecule has 1 aliphatic rings. The van der Waals surface area contributed by atoms with E-state index in [2.05, 4.69) is 20.8 Å². The molecule has 0 unspecified atom stereocenters. The van der Waals surface area contributed by atoms with Crippen LogP contribution in [-0.4, -0.2) is 29.5 Å². The van der Waals surface area contributed by atoms with Crippen molar-refractivity contribution in [2.24, 2.45) is 11.7 Å². The molecule has 1 aromatic carbocycles. The van der Waals surface area contributed by atoms with Crippen LogP contribution in [0.5, 0.6) is 0 Å². The topological polar surface area (TPSA) is 72.4 Å². The maximum absolute atomic E-state index is 10.7. The van der Waals surface area contributed by atoms with Crippen LogP contribution in [0.2, 0.25) is 0 Å². The first-order valence-corrected chi connectivity index (χ1v) is 7.24. The fraction of sp³-hybridized carbons (Fsp3) is 0.538. The van der Waals surface area contributed by atoms with Crippen LogP contribution in [0, 0.1) is 16.0 Å². The summed E-state index contributed by atoms with van der Waals surface area (Å²) in [6.07, 6.45) is 2.28. The molecule has 1 heterocycles. The van der Waals surface area contributed by atoms with Gasteiger partial charge in [-0.05, 0) is 50.0 Å². The summed E-state index contributed by atoms with van der Waals surface area (Å²) in [7, 11) is 0. The van der Waals surface area contributed by atoms with E-state index in [9.17, 15) is 10.1 Å². The Hall–Kier alpha value is -0.980. The van der Waals surface area contributed by atoms with Crippen molar-refractivity contribution in [1.82, 2.24) is 4.90 Å². The van der Waals surface area contributed by atoms with Gasteiger partial charge >= 0.3 is 0 Å². The first kappa shape index (κ1) is 14.4. The second-order valence-corrected chi connectivity index (χ2v) is 5.84. The first-order chi connectivity index (χ1) is 9.10. The summed E-state index contributed by atoms with van der Waals surface area (Å²) in [5.74, 6) is 0.650. The van der Waals surface area contributed by atoms with Gasteiger partial charge in [0.1, 0.15) is 0 Å². The van der Waals surface area contributed by atoms with E-state index in [1.165, 1.54) is 0 Å². The molecule has 0 aliphatic carbocycles. The standard InChI is InChI=1S/C13H18BrN3O2/c14-13-7-12(17(18)19)2-1-11(13)9-16-5-3-10(8-15)4-6-16/h1-2,7,10H,3-6,8-9,15H2. The number of rotatable bonds is 4. The van der Waals surface area contributed by atoms with E-state index in [1.807, 2.05) is 6.07 Å². The lowest BCUT2D eigenvalue weighted by Gasteiger charge is -2.31. The van der Waals surface area contributed by atoms with Crippen molar-refractivity contribution in [2.45, 2.75) is 19.4 Å². The van der Waals surface area contributed by atoms with Crippen LogP contribution in [0.1, 0.15) is 18.4 Å². The molecule has 0 aromatic heterocycles. The summed E-state index contributed by atoms with van der Waals surface area (Å²) in [6.45, 7) is 3.70. The average molecular weight is 328 g/mol. The van der Waals surface area contributed by atoms with Crippen LogP contribution in [0.25, 0.3) is 0 Å². The highest BCUT2D eigenvalue weighted by atomic mass is 79.9. The monoisotopic (exact) mass is 327 g/mol. The minimum Gasteiger partial charge on any atom is -0.330 e. The lowest BCUT2D eigenvalue weighted by Crippen LogP contribution is -2.35. The van der Waals surface area contributed by atoms with Gasteiger partial charge in [-0.2, -0.15) is 0 Å². The number of hydrogen-bond acceptors (Lipinski definition) is 4. The molecular formula is C13H18BrN3O2. The van der Waals surface area contributed by atoms with Crippen LogP contribution in [0.4, 0.5) is 5.69 Å². The number of nitrogens with two attached hydrogens (primary N) is 1. The molecule has 1 aliphatic heterocycles. The molecule has 0 radical (unpaired) electrons. The van der Waals surface area contributed by atoms with Crippen LogP contribution in [-0.2, 0) is 6.54 Å². The highest BCUT2D eigenvalue weighted by Crippen LogP contribution is 2.25. The number of benzene rings is 1. The number of piperidine rings is 1. The smallest absolute Gasteiger partial charge is 0.270 e. The maximum Gasteiger partial charge on any atom is 0.270 e. The minimum atomic E-state index is -0.374. The Labute approximate surface area is 121 Å². The van der Waals surface area contributed by atoms with E-state index in [-0.39, 0.29) is 10.6 Å². The van der Waals surface area contributed by atoms with E-state index in [0.717, 1.165) is 49.1 Å². The molecule has 6 heteroatoms. The Bertz CT molecular complexity index is 459. The van der Waals surface area contributed by atoms with Gasteiger partial charge in [-0.25, -0.2) is 0 Å². The second-order valence-electron chi connectivity index (χ2n) is 4.99. The van der Waals surface area contributed by atoms with Crippen molar-refractivity contribution >= 4 is 21.6 Å². The Kier molecular flexibility index (Phi) is 4.90. The average Bonchev–Trinajstić information content (AvgIpc) is 2.41. The van der Waals surface area contributed by atoms with E-state index in [0.29, 0.717) is 5.92 Å². The fourth-order valence-corrected chi connectivity index (χ4v) is 2.89. The van der Waals surface area contributed by atoms with Crippen molar-refractivity contribution < 1.29 is 4.92 Å². The fourth-order valence-electron chi connectivity index (χ4n) is 2.40. The highest BCUT2D eigenvalue weighted by Gasteiger charge is 2.19. The lowest BCUT2D eigenvalue weighted by atomic mass is 9.97. The second kappa shape index (κ2) is 6.45. The number of nitro benzene ring substituents is 1. The van der Waals surface area contributed by atoms with Gasteiger partial charge in [0.25, 0.3) is 5.69 Å². The number of non-ortho nitro benzene ring substituents is 1. The first-order valence-electron chi connectivity index (χ1n) is 6.45. The molecule has 19 heavy (non-hydrogen) atoms. The predicted octanol–water partition coefficient (Wildman–Crippen LogP) is 2.53. The molecule has 1 saturated heterocycles. The SMILES string of the molecule is NCC1CCN(Cc2ccc([N+](=O)[O-])cc2Br)CC1. The molecule has 1 aromatic rings. The molecule has 2 N–H and O–H groups in total. The van der Waals surface area contributed by atoms with Gasteiger partial charge in [0.15, 0.2) is 0 Å². The van der Waals surface area contributed by atoms with Crippen molar-refractivity contribution in [3.8, 4) is 0 Å². The van der Waals surface area contributed by atoms with Gasteiger partial charge in [0.05, 0.1) is 4.92 Å². The summed E-state index contributed by atoms with van der Waals surface area (Å²) < 4.78 is 0.808. The van der Waals surface area contributed by atoms with Crippen molar-refractivity contribution in [2.75, 3.05) is 19.6 Å². The largest absolute Gasteiger partial charge is 0.330 e. The van der Waals surface area contributed by atoms with E-state index >= 15 is 0 Å². The number of likely N-dealkylation sites (tertiary alicyclic amines) is 1. The maximum atomic E-state index is 10.7. The lowest BCUT2D eigenvalue weighted by molar-refractivity contribution is -0.384. The third-order valence-corrected chi connectivity index (χ3v) is 4.42. The zero-order chi connectivity index (χ0) is 13.8. The van der Waals surface area contributed by atoms with Gasteiger partial charge in [0.2, 0.25) is 0 Å². The van der Waals surface area contributed by atoms with Gasteiger partial charge < -0.3 is 5.73 Å². The van der Waals surface area contributed by atoms with Gasteiger partial charge in [-0.1, -0.05) is 15.9 Å². The number of nitro groups is 1. The number of hydrogen-bond donors (Lipinski definition) is 1. The summed E-state index contributed by atoms with van der Waals surface area (Å²) in [5, 5.41) is 10.7. The summed E-state index contributed by atoms with van der Waals surface area (Å²) >= 11 is 3.42. The number of halogens is 1. The quantitative estimate of drug-likeness (QED) is 0.681. The molecule has 0 amide bonds. The molecule has 5 nitrogen and oxygen atoms in total. The minimum absolute atomic E-state index is 0.123. The Morgan fingerprint density at radius 3 is 2.63 bits per heavy atom. The molecule has 2 rings (SSSR count). The van der Waals surface area contributed by atoms with Gasteiger partial charge in [0, 0.05) is 23.2 Å². The van der Waals surface area contributed by atoms with E-state index < -0.39 is 0 Å². The number of nitrogens with zero attached hydrogens (tertiary/aromatic N) is 2. The zero-order valence-electron chi connectivity index (χ0n) is 10.7. The van der Waals surface area contributed by atoms with Crippen molar-refractivity contribution in [3.63, 3.8) is 0 Å². The van der Waals surface area contributed by atoms with Crippen LogP contribution in [0.3, 0.4) is 0 Å². The molecule has 0 atom stereocenters. The third kappa shape index (κ3) is 3.75. The molecule has 0 saturated carbocycles. The highest BCUT2D eigenvalue weighted by molar-refractivity contribution is 9.10. The zero-order valence-corrected chi connectivity index (χ0v) is 12.3. The Morgan fingerprint density at radius 1 is 1.42 bits per heavy atom. The van der Waals surface area contributed by atoms with Crippen LogP contribution < -0.4 is 5.73 Å². The van der Waals surface area contributed by atoms with Crippen molar-refractivity contribution in [1.29, 1.82) is 0 Å².